The molecule has 0 amide bonds. The summed E-state index contributed by atoms with van der Waals surface area (Å²) in [5.41, 5.74) is 1.56. The maximum atomic E-state index is 13.3. The van der Waals surface area contributed by atoms with Crippen LogP contribution in [0.2, 0.25) is 0 Å². The molecule has 1 aromatic heterocycles. The van der Waals surface area contributed by atoms with Crippen LogP contribution >= 0.6 is 15.9 Å². The summed E-state index contributed by atoms with van der Waals surface area (Å²) in [6.45, 7) is 0. The van der Waals surface area contributed by atoms with Gasteiger partial charge in [0.05, 0.1) is 16.7 Å². The maximum absolute atomic E-state index is 13.3. The number of nitrogens with zero attached hydrogens (tertiary/aromatic N) is 1. The highest BCUT2D eigenvalue weighted by Gasteiger charge is 2.09. The molecule has 0 aliphatic carbocycles. The number of rotatable bonds is 1. The van der Waals surface area contributed by atoms with Crippen LogP contribution in [-0.4, -0.2) is 9.55 Å². The Morgan fingerprint density at radius 1 is 1.11 bits per heavy atom. The molecule has 2 aromatic carbocycles. The van der Waals surface area contributed by atoms with E-state index in [-0.39, 0.29) is 11.5 Å². The lowest BCUT2D eigenvalue weighted by molar-refractivity contribution is 0.629. The summed E-state index contributed by atoms with van der Waals surface area (Å²) in [7, 11) is 0. The zero-order valence-corrected chi connectivity index (χ0v) is 10.7. The molecule has 0 bridgehead atoms. The topological polar surface area (TPSA) is 37.8 Å². The molecule has 0 aliphatic heterocycles. The van der Waals surface area contributed by atoms with Crippen molar-refractivity contribution in [3.8, 4) is 5.69 Å². The SMILES string of the molecule is O=c1[nH]c2ccc(F)cc2n1-c1ccc(Br)cc1. The van der Waals surface area contributed by atoms with Gasteiger partial charge in [0.25, 0.3) is 0 Å². The Morgan fingerprint density at radius 3 is 2.56 bits per heavy atom. The summed E-state index contributed by atoms with van der Waals surface area (Å²) in [5.74, 6) is -0.368. The van der Waals surface area contributed by atoms with Crippen LogP contribution in [0.4, 0.5) is 4.39 Å². The minimum Gasteiger partial charge on any atom is -0.305 e. The molecule has 90 valence electrons. The number of halogens is 2. The highest BCUT2D eigenvalue weighted by atomic mass is 79.9. The van der Waals surface area contributed by atoms with Gasteiger partial charge in [-0.25, -0.2) is 9.18 Å². The predicted molar refractivity (Wildman–Crippen MR) is 71.6 cm³/mol. The standard InChI is InChI=1S/C13H8BrFN2O/c14-8-1-4-10(5-2-8)17-12-7-9(15)3-6-11(12)16-13(17)18/h1-7H,(H,16,18). The molecule has 0 radical (unpaired) electrons. The molecule has 3 aromatic rings. The van der Waals surface area contributed by atoms with Crippen LogP contribution in [0.25, 0.3) is 16.7 Å². The van der Waals surface area contributed by atoms with E-state index in [2.05, 4.69) is 20.9 Å². The Balaban J connectivity index is 2.34. The third-order valence-electron chi connectivity index (χ3n) is 2.73. The van der Waals surface area contributed by atoms with Crippen LogP contribution in [0.1, 0.15) is 0 Å². The van der Waals surface area contributed by atoms with Gasteiger partial charge in [0.1, 0.15) is 5.82 Å². The van der Waals surface area contributed by atoms with Crippen molar-refractivity contribution in [2.24, 2.45) is 0 Å². The number of hydrogen-bond donors (Lipinski definition) is 1. The van der Waals surface area contributed by atoms with E-state index in [1.807, 2.05) is 12.1 Å². The first-order valence-corrected chi connectivity index (χ1v) is 6.11. The normalized spacial score (nSPS) is 11.0. The van der Waals surface area contributed by atoms with Crippen LogP contribution in [0, 0.1) is 5.82 Å². The monoisotopic (exact) mass is 306 g/mol. The summed E-state index contributed by atoms with van der Waals surface area (Å²) in [6.07, 6.45) is 0. The number of aromatic amines is 1. The van der Waals surface area contributed by atoms with E-state index in [0.717, 1.165) is 4.47 Å². The minimum atomic E-state index is -0.368. The van der Waals surface area contributed by atoms with E-state index in [1.54, 1.807) is 18.2 Å². The van der Waals surface area contributed by atoms with Gasteiger partial charge in [-0.05, 0) is 36.4 Å². The fraction of sp³-hybridized carbons (Fsp3) is 0. The molecule has 18 heavy (non-hydrogen) atoms. The van der Waals surface area contributed by atoms with Crippen LogP contribution in [0.15, 0.2) is 51.7 Å². The first-order chi connectivity index (χ1) is 8.65. The Hall–Kier alpha value is -1.88. The largest absolute Gasteiger partial charge is 0.331 e. The summed E-state index contributed by atoms with van der Waals surface area (Å²) >= 11 is 3.33. The van der Waals surface area contributed by atoms with Gasteiger partial charge >= 0.3 is 5.69 Å². The quantitative estimate of drug-likeness (QED) is 0.736. The van der Waals surface area contributed by atoms with Crippen LogP contribution in [0.3, 0.4) is 0 Å². The molecule has 3 nitrogen and oxygen atoms in total. The van der Waals surface area contributed by atoms with E-state index in [4.69, 9.17) is 0 Å². The molecular formula is C13H8BrFN2O. The fourth-order valence-corrected chi connectivity index (χ4v) is 2.19. The molecule has 1 heterocycles. The number of fused-ring (bicyclic) bond motifs is 1. The lowest BCUT2D eigenvalue weighted by Crippen LogP contribution is -2.14. The number of aromatic nitrogens is 2. The summed E-state index contributed by atoms with van der Waals surface area (Å²) in [6, 6.07) is 11.5. The number of benzene rings is 2. The van der Waals surface area contributed by atoms with E-state index >= 15 is 0 Å². The van der Waals surface area contributed by atoms with E-state index in [0.29, 0.717) is 16.7 Å². The van der Waals surface area contributed by atoms with E-state index < -0.39 is 0 Å². The average molecular weight is 307 g/mol. The molecule has 0 spiro atoms. The second-order valence-electron chi connectivity index (χ2n) is 3.90. The van der Waals surface area contributed by atoms with Crippen molar-refractivity contribution in [1.82, 2.24) is 9.55 Å². The van der Waals surface area contributed by atoms with Gasteiger partial charge < -0.3 is 4.98 Å². The third kappa shape index (κ3) is 1.76. The summed E-state index contributed by atoms with van der Waals surface area (Å²) in [5, 5.41) is 0. The first kappa shape index (κ1) is 11.2. The van der Waals surface area contributed by atoms with Gasteiger partial charge in [-0.15, -0.1) is 0 Å². The van der Waals surface area contributed by atoms with Crippen molar-refractivity contribution in [2.75, 3.05) is 0 Å². The molecule has 0 saturated carbocycles. The lowest BCUT2D eigenvalue weighted by atomic mass is 10.3. The molecule has 0 aliphatic rings. The molecule has 5 heteroatoms. The Morgan fingerprint density at radius 2 is 1.83 bits per heavy atom. The van der Waals surface area contributed by atoms with Gasteiger partial charge in [-0.2, -0.15) is 0 Å². The van der Waals surface area contributed by atoms with Crippen LogP contribution in [0.5, 0.6) is 0 Å². The third-order valence-corrected chi connectivity index (χ3v) is 3.26. The molecule has 0 fully saturated rings. The molecular weight excluding hydrogens is 299 g/mol. The lowest BCUT2D eigenvalue weighted by Gasteiger charge is -2.03. The Bertz CT molecular complexity index is 774. The Kier molecular flexibility index (Phi) is 2.56. The molecule has 1 N–H and O–H groups in total. The van der Waals surface area contributed by atoms with Crippen molar-refractivity contribution in [3.63, 3.8) is 0 Å². The summed E-state index contributed by atoms with van der Waals surface area (Å²) in [4.78, 5) is 14.6. The number of H-pyrrole nitrogens is 1. The van der Waals surface area contributed by atoms with Crippen LogP contribution in [-0.2, 0) is 0 Å². The molecule has 3 rings (SSSR count). The maximum Gasteiger partial charge on any atom is 0.331 e. The smallest absolute Gasteiger partial charge is 0.305 e. The van der Waals surface area contributed by atoms with Gasteiger partial charge in [-0.3, -0.25) is 4.57 Å². The molecule has 0 atom stereocenters. The average Bonchev–Trinajstić information content (AvgIpc) is 2.66. The first-order valence-electron chi connectivity index (χ1n) is 5.31. The predicted octanol–water partition coefficient (Wildman–Crippen LogP) is 3.22. The van der Waals surface area contributed by atoms with Crippen molar-refractivity contribution < 1.29 is 4.39 Å². The van der Waals surface area contributed by atoms with E-state index in [9.17, 15) is 9.18 Å². The highest BCUT2D eigenvalue weighted by Crippen LogP contribution is 2.18. The van der Waals surface area contributed by atoms with Gasteiger partial charge in [0.2, 0.25) is 0 Å². The van der Waals surface area contributed by atoms with Crippen molar-refractivity contribution in [3.05, 3.63) is 63.2 Å². The van der Waals surface area contributed by atoms with Gasteiger partial charge in [-0.1, -0.05) is 15.9 Å². The van der Waals surface area contributed by atoms with E-state index in [1.165, 1.54) is 16.7 Å². The fourth-order valence-electron chi connectivity index (χ4n) is 1.92. The zero-order chi connectivity index (χ0) is 12.7. The number of imidazole rings is 1. The Labute approximate surface area is 110 Å². The van der Waals surface area contributed by atoms with Crippen molar-refractivity contribution >= 4 is 27.0 Å². The number of nitrogens with one attached hydrogen (secondary N) is 1. The second kappa shape index (κ2) is 4.10. The highest BCUT2D eigenvalue weighted by molar-refractivity contribution is 9.10. The zero-order valence-electron chi connectivity index (χ0n) is 9.15. The van der Waals surface area contributed by atoms with Gasteiger partial charge in [0.15, 0.2) is 0 Å². The molecule has 0 unspecified atom stereocenters. The summed E-state index contributed by atoms with van der Waals surface area (Å²) < 4.78 is 15.6. The number of hydrogen-bond acceptors (Lipinski definition) is 1. The molecule has 0 saturated heterocycles. The van der Waals surface area contributed by atoms with Crippen molar-refractivity contribution in [2.45, 2.75) is 0 Å². The minimum absolute atomic E-state index is 0.280. The van der Waals surface area contributed by atoms with Crippen LogP contribution < -0.4 is 5.69 Å². The van der Waals surface area contributed by atoms with Gasteiger partial charge in [0, 0.05) is 10.5 Å². The second-order valence-corrected chi connectivity index (χ2v) is 4.82. The van der Waals surface area contributed by atoms with Crippen molar-refractivity contribution in [1.29, 1.82) is 0 Å².